The molecule has 0 bridgehead atoms. The molecule has 1 aromatic carbocycles. The molecule has 0 radical (unpaired) electrons. The Bertz CT molecular complexity index is 628. The lowest BCUT2D eigenvalue weighted by Crippen LogP contribution is -2.27. The van der Waals surface area contributed by atoms with Crippen LogP contribution in [0.4, 0.5) is 11.4 Å². The van der Waals surface area contributed by atoms with Crippen LogP contribution in [0.1, 0.15) is 15.9 Å². The third-order valence-corrected chi connectivity index (χ3v) is 3.42. The second kappa shape index (κ2) is 5.40. The summed E-state index contributed by atoms with van der Waals surface area (Å²) in [5.41, 5.74) is 8.54. The molecule has 5 heteroatoms. The number of amides is 1. The molecule has 0 aliphatic rings. The molecule has 0 spiro atoms. The molecule has 19 heavy (non-hydrogen) atoms. The maximum Gasteiger partial charge on any atom is 0.258 e. The van der Waals surface area contributed by atoms with Gasteiger partial charge in [-0.2, -0.15) is 0 Å². The number of hydrogen-bond acceptors (Lipinski definition) is 3. The van der Waals surface area contributed by atoms with Gasteiger partial charge in [0, 0.05) is 23.3 Å². The zero-order valence-electron chi connectivity index (χ0n) is 10.7. The van der Waals surface area contributed by atoms with Crippen LogP contribution in [0.2, 0.25) is 0 Å². The van der Waals surface area contributed by atoms with E-state index in [0.29, 0.717) is 16.9 Å². The molecule has 0 aliphatic carbocycles. The highest BCUT2D eigenvalue weighted by Gasteiger charge is 2.17. The fourth-order valence-electron chi connectivity index (χ4n) is 1.82. The first-order valence-corrected chi connectivity index (χ1v) is 6.53. The molecule has 2 rings (SSSR count). The van der Waals surface area contributed by atoms with E-state index in [1.165, 1.54) is 11.1 Å². The number of pyridine rings is 1. The maximum atomic E-state index is 12.5. The first-order valence-electron chi connectivity index (χ1n) is 5.74. The number of halogens is 1. The first-order chi connectivity index (χ1) is 9.00. The van der Waals surface area contributed by atoms with Crippen molar-refractivity contribution in [3.8, 4) is 0 Å². The van der Waals surface area contributed by atoms with Gasteiger partial charge in [-0.15, -0.1) is 0 Å². The summed E-state index contributed by atoms with van der Waals surface area (Å²) in [5.74, 6) is -0.100. The van der Waals surface area contributed by atoms with Crippen LogP contribution in [0, 0.1) is 6.92 Å². The summed E-state index contributed by atoms with van der Waals surface area (Å²) in [5, 5.41) is 0. The molecule has 2 aromatic rings. The number of benzene rings is 1. The first kappa shape index (κ1) is 13.5. The van der Waals surface area contributed by atoms with Gasteiger partial charge in [0.15, 0.2) is 0 Å². The third kappa shape index (κ3) is 2.76. The molecule has 1 amide bonds. The van der Waals surface area contributed by atoms with Crippen LogP contribution < -0.4 is 10.6 Å². The van der Waals surface area contributed by atoms with Crippen molar-refractivity contribution < 1.29 is 4.79 Å². The van der Waals surface area contributed by atoms with Crippen LogP contribution in [0.3, 0.4) is 0 Å². The van der Waals surface area contributed by atoms with Gasteiger partial charge < -0.3 is 10.6 Å². The highest BCUT2D eigenvalue weighted by atomic mass is 79.9. The number of nitrogens with zero attached hydrogens (tertiary/aromatic N) is 2. The Kier molecular flexibility index (Phi) is 3.85. The lowest BCUT2D eigenvalue weighted by atomic mass is 10.1. The molecule has 98 valence electrons. The van der Waals surface area contributed by atoms with Crippen LogP contribution in [-0.2, 0) is 0 Å². The van der Waals surface area contributed by atoms with E-state index in [9.17, 15) is 4.79 Å². The minimum absolute atomic E-state index is 0.100. The van der Waals surface area contributed by atoms with E-state index < -0.39 is 0 Å². The third-order valence-electron chi connectivity index (χ3n) is 2.92. The molecular formula is C14H14BrN3O. The number of anilines is 2. The average Bonchev–Trinajstić information content (AvgIpc) is 2.40. The number of carbonyl (C=O) groups is 1. The van der Waals surface area contributed by atoms with Crippen LogP contribution in [0.25, 0.3) is 0 Å². The molecule has 0 saturated carbocycles. The lowest BCUT2D eigenvalue weighted by Gasteiger charge is -2.20. The highest BCUT2D eigenvalue weighted by Crippen LogP contribution is 2.24. The van der Waals surface area contributed by atoms with E-state index in [0.717, 1.165) is 10.0 Å². The number of nitrogens with two attached hydrogens (primary N) is 1. The molecule has 0 saturated heterocycles. The standard InChI is InChI=1S/C14H14BrN3O/c1-9-3-4-10(15)7-11(9)14(19)18(2)13-5-6-17-8-12(13)16/h3-8H,16H2,1-2H3. The van der Waals surface area contributed by atoms with Gasteiger partial charge in [-0.05, 0) is 30.7 Å². The molecule has 0 fully saturated rings. The van der Waals surface area contributed by atoms with Crippen molar-refractivity contribution in [2.45, 2.75) is 6.92 Å². The fourth-order valence-corrected chi connectivity index (χ4v) is 2.18. The molecule has 1 heterocycles. The minimum Gasteiger partial charge on any atom is -0.396 e. The van der Waals surface area contributed by atoms with Crippen molar-refractivity contribution in [3.05, 3.63) is 52.3 Å². The van der Waals surface area contributed by atoms with E-state index >= 15 is 0 Å². The monoisotopic (exact) mass is 319 g/mol. The molecule has 0 aliphatic heterocycles. The number of nitrogen functional groups attached to an aromatic ring is 1. The molecular weight excluding hydrogens is 306 g/mol. The van der Waals surface area contributed by atoms with Crippen molar-refractivity contribution >= 4 is 33.2 Å². The molecule has 4 nitrogen and oxygen atoms in total. The topological polar surface area (TPSA) is 59.2 Å². The highest BCUT2D eigenvalue weighted by molar-refractivity contribution is 9.10. The molecule has 0 unspecified atom stereocenters. The van der Waals surface area contributed by atoms with Crippen molar-refractivity contribution in [3.63, 3.8) is 0 Å². The summed E-state index contributed by atoms with van der Waals surface area (Å²) in [7, 11) is 1.70. The van der Waals surface area contributed by atoms with Crippen LogP contribution >= 0.6 is 15.9 Å². The Balaban J connectivity index is 2.39. The summed E-state index contributed by atoms with van der Waals surface area (Å²) < 4.78 is 0.873. The second-order valence-corrected chi connectivity index (χ2v) is 5.17. The smallest absolute Gasteiger partial charge is 0.258 e. The number of rotatable bonds is 2. The predicted molar refractivity (Wildman–Crippen MR) is 80.3 cm³/mol. The van der Waals surface area contributed by atoms with Crippen molar-refractivity contribution in [1.29, 1.82) is 0 Å². The quantitative estimate of drug-likeness (QED) is 0.925. The van der Waals surface area contributed by atoms with Crippen molar-refractivity contribution in [2.24, 2.45) is 0 Å². The van der Waals surface area contributed by atoms with Gasteiger partial charge in [0.25, 0.3) is 5.91 Å². The van der Waals surface area contributed by atoms with Gasteiger partial charge in [-0.3, -0.25) is 9.78 Å². The molecule has 2 N–H and O–H groups in total. The van der Waals surface area contributed by atoms with Crippen LogP contribution in [0.15, 0.2) is 41.1 Å². The van der Waals surface area contributed by atoms with E-state index in [1.807, 2.05) is 25.1 Å². The Morgan fingerprint density at radius 1 is 1.37 bits per heavy atom. The average molecular weight is 320 g/mol. The summed E-state index contributed by atoms with van der Waals surface area (Å²) in [6.07, 6.45) is 3.15. The fraction of sp³-hybridized carbons (Fsp3) is 0.143. The van der Waals surface area contributed by atoms with E-state index in [2.05, 4.69) is 20.9 Å². The van der Waals surface area contributed by atoms with Gasteiger partial charge in [-0.25, -0.2) is 0 Å². The number of aromatic nitrogens is 1. The molecule has 1 aromatic heterocycles. The van der Waals surface area contributed by atoms with E-state index in [-0.39, 0.29) is 5.91 Å². The van der Waals surface area contributed by atoms with Crippen LogP contribution in [-0.4, -0.2) is 17.9 Å². The van der Waals surface area contributed by atoms with Gasteiger partial charge in [0.2, 0.25) is 0 Å². The Morgan fingerprint density at radius 3 is 2.79 bits per heavy atom. The minimum atomic E-state index is -0.100. The second-order valence-electron chi connectivity index (χ2n) is 4.26. The van der Waals surface area contributed by atoms with E-state index in [1.54, 1.807) is 19.3 Å². The van der Waals surface area contributed by atoms with Crippen molar-refractivity contribution in [2.75, 3.05) is 17.7 Å². The van der Waals surface area contributed by atoms with Gasteiger partial charge in [0.1, 0.15) is 0 Å². The largest absolute Gasteiger partial charge is 0.396 e. The zero-order valence-corrected chi connectivity index (χ0v) is 12.3. The number of carbonyl (C=O) groups excluding carboxylic acids is 1. The Hall–Kier alpha value is -1.88. The summed E-state index contributed by atoms with van der Waals surface area (Å²) in [4.78, 5) is 18.0. The van der Waals surface area contributed by atoms with Crippen molar-refractivity contribution in [1.82, 2.24) is 4.98 Å². The lowest BCUT2D eigenvalue weighted by molar-refractivity contribution is 0.0992. The number of hydrogen-bond donors (Lipinski definition) is 1. The Labute approximate surface area is 120 Å². The van der Waals surface area contributed by atoms with Gasteiger partial charge in [-0.1, -0.05) is 22.0 Å². The van der Waals surface area contributed by atoms with E-state index in [4.69, 9.17) is 5.73 Å². The summed E-state index contributed by atoms with van der Waals surface area (Å²) in [6.45, 7) is 1.91. The normalized spacial score (nSPS) is 10.3. The maximum absolute atomic E-state index is 12.5. The SMILES string of the molecule is Cc1ccc(Br)cc1C(=O)N(C)c1ccncc1N. The summed E-state index contributed by atoms with van der Waals surface area (Å²) >= 11 is 3.38. The number of aryl methyl sites for hydroxylation is 1. The van der Waals surface area contributed by atoms with Crippen LogP contribution in [0.5, 0.6) is 0 Å². The predicted octanol–water partition coefficient (Wildman–Crippen LogP) is 3.01. The van der Waals surface area contributed by atoms with Gasteiger partial charge in [0.05, 0.1) is 17.6 Å². The zero-order chi connectivity index (χ0) is 14.0. The Morgan fingerprint density at radius 2 is 2.11 bits per heavy atom. The molecule has 0 atom stereocenters. The summed E-state index contributed by atoms with van der Waals surface area (Å²) in [6, 6.07) is 7.35. The van der Waals surface area contributed by atoms with Gasteiger partial charge >= 0.3 is 0 Å².